The van der Waals surface area contributed by atoms with Crippen LogP contribution in [0.5, 0.6) is 0 Å². The molecule has 130 valence electrons. The Kier molecular flexibility index (Phi) is 5.28. The Morgan fingerprint density at radius 3 is 2.54 bits per heavy atom. The number of rotatable bonds is 3. The summed E-state index contributed by atoms with van der Waals surface area (Å²) in [6, 6.07) is 5.84. The van der Waals surface area contributed by atoms with E-state index in [9.17, 15) is 9.18 Å². The van der Waals surface area contributed by atoms with Crippen molar-refractivity contribution in [2.24, 2.45) is 0 Å². The van der Waals surface area contributed by atoms with E-state index in [0.717, 1.165) is 5.70 Å². The predicted molar refractivity (Wildman–Crippen MR) is 97.9 cm³/mol. The van der Waals surface area contributed by atoms with Crippen molar-refractivity contribution in [3.05, 3.63) is 46.9 Å². The topological polar surface area (TPSA) is 44.4 Å². The molecule has 0 bridgehead atoms. The van der Waals surface area contributed by atoms with E-state index in [-0.39, 0.29) is 17.3 Å². The van der Waals surface area contributed by atoms with Gasteiger partial charge in [0.1, 0.15) is 5.82 Å². The molecule has 6 heteroatoms. The fourth-order valence-corrected chi connectivity index (χ4v) is 3.19. The Morgan fingerprint density at radius 1 is 1.38 bits per heavy atom. The van der Waals surface area contributed by atoms with Gasteiger partial charge in [-0.1, -0.05) is 18.2 Å². The molecule has 24 heavy (non-hydrogen) atoms. The monoisotopic (exact) mass is 349 g/mol. The van der Waals surface area contributed by atoms with Gasteiger partial charge in [-0.3, -0.25) is 4.79 Å². The molecular formula is C18H24FN3OS. The highest BCUT2D eigenvalue weighted by molar-refractivity contribution is 7.80. The largest absolute Gasteiger partial charge is 0.351 e. The summed E-state index contributed by atoms with van der Waals surface area (Å²) in [5, 5.41) is 6.58. The van der Waals surface area contributed by atoms with Gasteiger partial charge >= 0.3 is 0 Å². The van der Waals surface area contributed by atoms with Crippen LogP contribution in [0.1, 0.15) is 46.2 Å². The molecule has 1 atom stereocenters. The zero-order valence-electron chi connectivity index (χ0n) is 14.7. The Labute approximate surface area is 148 Å². The van der Waals surface area contributed by atoms with Crippen LogP contribution < -0.4 is 10.6 Å². The minimum atomic E-state index is -0.608. The van der Waals surface area contributed by atoms with Gasteiger partial charge in [-0.2, -0.15) is 0 Å². The highest BCUT2D eigenvalue weighted by Gasteiger charge is 2.35. The van der Waals surface area contributed by atoms with E-state index in [1.54, 1.807) is 18.2 Å². The highest BCUT2D eigenvalue weighted by Crippen LogP contribution is 2.32. The van der Waals surface area contributed by atoms with Crippen LogP contribution in [0.2, 0.25) is 0 Å². The number of thiocarbonyl (C=S) groups is 1. The Bertz CT molecular complexity index is 694. The first-order valence-electron chi connectivity index (χ1n) is 8.01. The molecule has 0 aromatic heterocycles. The molecule has 0 aliphatic carbocycles. The summed E-state index contributed by atoms with van der Waals surface area (Å²) in [4.78, 5) is 14.7. The molecule has 0 saturated heterocycles. The van der Waals surface area contributed by atoms with Gasteiger partial charge in [0.15, 0.2) is 5.11 Å². The summed E-state index contributed by atoms with van der Waals surface area (Å²) < 4.78 is 14.3. The average molecular weight is 349 g/mol. The van der Waals surface area contributed by atoms with Crippen LogP contribution in [-0.2, 0) is 4.79 Å². The number of nitrogens with one attached hydrogen (secondary N) is 2. The van der Waals surface area contributed by atoms with Gasteiger partial charge in [0.05, 0.1) is 11.6 Å². The lowest BCUT2D eigenvalue weighted by Gasteiger charge is -2.38. The maximum absolute atomic E-state index is 14.3. The maximum atomic E-state index is 14.3. The zero-order chi connectivity index (χ0) is 18.1. The van der Waals surface area contributed by atoms with Crippen LogP contribution in [0, 0.1) is 5.82 Å². The lowest BCUT2D eigenvalue weighted by atomic mass is 9.93. The van der Waals surface area contributed by atoms with Gasteiger partial charge in [0, 0.05) is 23.3 Å². The summed E-state index contributed by atoms with van der Waals surface area (Å²) in [7, 11) is 0. The quantitative estimate of drug-likeness (QED) is 0.822. The molecule has 0 radical (unpaired) electrons. The van der Waals surface area contributed by atoms with Gasteiger partial charge in [0.25, 0.3) is 5.91 Å². The lowest BCUT2D eigenvalue weighted by molar-refractivity contribution is -0.119. The van der Waals surface area contributed by atoms with E-state index < -0.39 is 6.04 Å². The third-order valence-electron chi connectivity index (χ3n) is 3.86. The second-order valence-electron chi connectivity index (χ2n) is 6.85. The Morgan fingerprint density at radius 2 is 2.00 bits per heavy atom. The Hall–Kier alpha value is -1.95. The van der Waals surface area contributed by atoms with Gasteiger partial charge in [0.2, 0.25) is 0 Å². The number of nitrogens with zero attached hydrogens (tertiary/aromatic N) is 1. The van der Waals surface area contributed by atoms with Gasteiger partial charge in [-0.15, -0.1) is 0 Å². The molecule has 0 saturated carbocycles. The van der Waals surface area contributed by atoms with Crippen LogP contribution in [0.25, 0.3) is 0 Å². The molecular weight excluding hydrogens is 325 g/mol. The number of allylic oxidation sites excluding steroid dienone is 1. The van der Waals surface area contributed by atoms with Crippen molar-refractivity contribution in [2.75, 3.05) is 6.54 Å². The van der Waals surface area contributed by atoms with Crippen LogP contribution >= 0.6 is 12.2 Å². The molecule has 0 fully saturated rings. The van der Waals surface area contributed by atoms with E-state index in [2.05, 4.69) is 10.6 Å². The number of amides is 1. The summed E-state index contributed by atoms with van der Waals surface area (Å²) in [6.07, 6.45) is 0. The van der Waals surface area contributed by atoms with E-state index in [1.807, 2.05) is 39.5 Å². The van der Waals surface area contributed by atoms with E-state index >= 15 is 0 Å². The summed E-state index contributed by atoms with van der Waals surface area (Å²) in [5.74, 6) is -0.585. The standard InChI is InChI=1S/C18H24FN3OS/c1-6-22-11(2)14(16(23)21-18(3,4)5)15(20-17(22)24)12-9-7-8-10-13(12)19/h7-10,15H,6H2,1-5H3,(H,20,24)(H,21,23)/t15-/m0/s1. The number of halogens is 1. The van der Waals surface area contributed by atoms with Gasteiger partial charge < -0.3 is 15.5 Å². The second kappa shape index (κ2) is 6.89. The Balaban J connectivity index is 2.56. The maximum Gasteiger partial charge on any atom is 0.251 e. The number of benzene rings is 1. The molecule has 1 aliphatic rings. The summed E-state index contributed by atoms with van der Waals surface area (Å²) in [5.41, 5.74) is 1.26. The van der Waals surface area contributed by atoms with Crippen molar-refractivity contribution in [1.29, 1.82) is 0 Å². The first-order chi connectivity index (χ1) is 11.2. The molecule has 1 amide bonds. The first-order valence-corrected chi connectivity index (χ1v) is 8.42. The molecule has 4 nitrogen and oxygen atoms in total. The minimum absolute atomic E-state index is 0.221. The van der Waals surface area contributed by atoms with Gasteiger partial charge in [-0.05, 0) is 52.9 Å². The van der Waals surface area contributed by atoms with Crippen molar-refractivity contribution >= 4 is 23.2 Å². The second-order valence-corrected chi connectivity index (χ2v) is 7.24. The average Bonchev–Trinajstić information content (AvgIpc) is 2.45. The highest BCUT2D eigenvalue weighted by atomic mass is 32.1. The molecule has 1 heterocycles. The normalized spacial score (nSPS) is 18.5. The molecule has 2 N–H and O–H groups in total. The molecule has 1 aliphatic heterocycles. The van der Waals surface area contributed by atoms with Crippen molar-refractivity contribution in [1.82, 2.24) is 15.5 Å². The zero-order valence-corrected chi connectivity index (χ0v) is 15.6. The lowest BCUT2D eigenvalue weighted by Crippen LogP contribution is -2.51. The molecule has 0 spiro atoms. The van der Waals surface area contributed by atoms with Crippen LogP contribution in [0.3, 0.4) is 0 Å². The van der Waals surface area contributed by atoms with Crippen LogP contribution in [0.4, 0.5) is 4.39 Å². The van der Waals surface area contributed by atoms with Crippen molar-refractivity contribution in [3.8, 4) is 0 Å². The number of hydrogen-bond acceptors (Lipinski definition) is 2. The molecule has 1 aromatic carbocycles. The number of carbonyl (C=O) groups excluding carboxylic acids is 1. The summed E-state index contributed by atoms with van der Waals surface area (Å²) >= 11 is 5.40. The smallest absolute Gasteiger partial charge is 0.251 e. The van der Waals surface area contributed by atoms with Crippen molar-refractivity contribution in [2.45, 2.75) is 46.2 Å². The number of carbonyl (C=O) groups is 1. The SMILES string of the molecule is CCN1C(=S)N[C@@H](c2ccccc2F)C(C(=O)NC(C)(C)C)=C1C. The minimum Gasteiger partial charge on any atom is -0.351 e. The molecule has 1 aromatic rings. The van der Waals surface area contributed by atoms with Crippen LogP contribution in [-0.4, -0.2) is 28.0 Å². The molecule has 2 rings (SSSR count). The van der Waals surface area contributed by atoms with E-state index in [1.165, 1.54) is 6.07 Å². The first kappa shape index (κ1) is 18.4. The third kappa shape index (κ3) is 3.75. The van der Waals surface area contributed by atoms with E-state index in [0.29, 0.717) is 22.8 Å². The van der Waals surface area contributed by atoms with Crippen molar-refractivity contribution in [3.63, 3.8) is 0 Å². The van der Waals surface area contributed by atoms with E-state index in [4.69, 9.17) is 12.2 Å². The fourth-order valence-electron chi connectivity index (χ4n) is 2.81. The number of hydrogen-bond donors (Lipinski definition) is 2. The molecule has 0 unspecified atom stereocenters. The van der Waals surface area contributed by atoms with Crippen LogP contribution in [0.15, 0.2) is 35.5 Å². The third-order valence-corrected chi connectivity index (χ3v) is 4.20. The predicted octanol–water partition coefficient (Wildman–Crippen LogP) is 3.27. The van der Waals surface area contributed by atoms with Gasteiger partial charge in [-0.25, -0.2) is 4.39 Å². The van der Waals surface area contributed by atoms with Crippen molar-refractivity contribution < 1.29 is 9.18 Å². The summed E-state index contributed by atoms with van der Waals surface area (Å²) in [6.45, 7) is 10.2. The fraction of sp³-hybridized carbons (Fsp3) is 0.444.